The van der Waals surface area contributed by atoms with Crippen molar-refractivity contribution in [1.82, 2.24) is 4.90 Å². The van der Waals surface area contributed by atoms with E-state index >= 15 is 0 Å². The number of carbonyl (C=O) groups excluding carboxylic acids is 1. The summed E-state index contributed by atoms with van der Waals surface area (Å²) in [5.41, 5.74) is 1.74. The zero-order valence-electron chi connectivity index (χ0n) is 13.3. The summed E-state index contributed by atoms with van der Waals surface area (Å²) in [5, 5.41) is 12.8. The van der Waals surface area contributed by atoms with Crippen LogP contribution in [0.15, 0.2) is 48.5 Å². The van der Waals surface area contributed by atoms with Crippen molar-refractivity contribution in [2.45, 2.75) is 0 Å². The highest BCUT2D eigenvalue weighted by atomic mass is 35.5. The second kappa shape index (κ2) is 7.55. The highest BCUT2D eigenvalue weighted by Gasteiger charge is 2.19. The van der Waals surface area contributed by atoms with Crippen molar-refractivity contribution in [3.8, 4) is 5.75 Å². The summed E-state index contributed by atoms with van der Waals surface area (Å²) in [6.45, 7) is 3.69. The van der Waals surface area contributed by atoms with Crippen LogP contribution in [-0.4, -0.2) is 48.6 Å². The maximum Gasteiger partial charge on any atom is 0.238 e. The van der Waals surface area contributed by atoms with Crippen molar-refractivity contribution in [3.05, 3.63) is 53.6 Å². The summed E-state index contributed by atoms with van der Waals surface area (Å²) < 4.78 is 0. The van der Waals surface area contributed by atoms with Gasteiger partial charge in [0.2, 0.25) is 5.91 Å². The predicted octanol–water partition coefficient (Wildman–Crippen LogP) is 2.81. The van der Waals surface area contributed by atoms with E-state index in [1.165, 1.54) is 0 Å². The molecule has 0 bridgehead atoms. The average Bonchev–Trinajstić information content (AvgIpc) is 2.58. The van der Waals surface area contributed by atoms with Gasteiger partial charge in [0, 0.05) is 31.9 Å². The lowest BCUT2D eigenvalue weighted by atomic mass is 10.2. The van der Waals surface area contributed by atoms with Gasteiger partial charge in [-0.2, -0.15) is 0 Å². The van der Waals surface area contributed by atoms with E-state index in [4.69, 9.17) is 11.6 Å². The molecule has 1 aliphatic rings. The zero-order valence-corrected chi connectivity index (χ0v) is 14.0. The number of rotatable bonds is 4. The summed E-state index contributed by atoms with van der Waals surface area (Å²) in [7, 11) is 0. The number of carbonyl (C=O) groups is 1. The van der Waals surface area contributed by atoms with Crippen LogP contribution in [0, 0.1) is 0 Å². The molecule has 6 heteroatoms. The molecule has 2 aromatic rings. The van der Waals surface area contributed by atoms with E-state index < -0.39 is 0 Å². The number of nitrogens with zero attached hydrogens (tertiary/aromatic N) is 2. The first kappa shape index (κ1) is 16.6. The van der Waals surface area contributed by atoms with Gasteiger partial charge in [0.05, 0.1) is 17.3 Å². The molecule has 2 aromatic carbocycles. The van der Waals surface area contributed by atoms with Crippen LogP contribution in [0.4, 0.5) is 11.4 Å². The van der Waals surface area contributed by atoms with Crippen molar-refractivity contribution in [3.63, 3.8) is 0 Å². The van der Waals surface area contributed by atoms with Crippen LogP contribution in [-0.2, 0) is 4.79 Å². The third kappa shape index (κ3) is 4.19. The van der Waals surface area contributed by atoms with Gasteiger partial charge < -0.3 is 15.3 Å². The first-order valence-corrected chi connectivity index (χ1v) is 8.30. The van der Waals surface area contributed by atoms with Crippen molar-refractivity contribution in [2.75, 3.05) is 42.9 Å². The Bertz CT molecular complexity index is 698. The van der Waals surface area contributed by atoms with E-state index in [-0.39, 0.29) is 11.7 Å². The van der Waals surface area contributed by atoms with Gasteiger partial charge in [0.25, 0.3) is 0 Å². The van der Waals surface area contributed by atoms with Crippen LogP contribution in [0.5, 0.6) is 5.75 Å². The lowest BCUT2D eigenvalue weighted by Crippen LogP contribution is -2.48. The number of hydrogen-bond acceptors (Lipinski definition) is 4. The Morgan fingerprint density at radius 2 is 1.71 bits per heavy atom. The summed E-state index contributed by atoms with van der Waals surface area (Å²) in [6.07, 6.45) is 0. The lowest BCUT2D eigenvalue weighted by Gasteiger charge is -2.35. The number of anilines is 2. The van der Waals surface area contributed by atoms with Crippen LogP contribution in [0.3, 0.4) is 0 Å². The smallest absolute Gasteiger partial charge is 0.238 e. The molecule has 0 aromatic heterocycles. The standard InChI is InChI=1S/C18H20ClN3O2/c19-16-3-1-2-4-17(16)20-18(24)13-21-9-11-22(12-10-21)14-5-7-15(23)8-6-14/h1-8,23H,9-13H2,(H,20,24). The molecule has 2 N–H and O–H groups in total. The van der Waals surface area contributed by atoms with Gasteiger partial charge in [-0.1, -0.05) is 23.7 Å². The molecule has 0 unspecified atom stereocenters. The van der Waals surface area contributed by atoms with E-state index in [1.807, 2.05) is 24.3 Å². The van der Waals surface area contributed by atoms with Gasteiger partial charge in [-0.25, -0.2) is 0 Å². The van der Waals surface area contributed by atoms with E-state index in [0.717, 1.165) is 31.9 Å². The van der Waals surface area contributed by atoms with Crippen molar-refractivity contribution < 1.29 is 9.90 Å². The van der Waals surface area contributed by atoms with E-state index in [0.29, 0.717) is 17.3 Å². The van der Waals surface area contributed by atoms with Crippen molar-refractivity contribution >= 4 is 28.9 Å². The van der Waals surface area contributed by atoms with Crippen LogP contribution in [0.2, 0.25) is 5.02 Å². The van der Waals surface area contributed by atoms with Crippen molar-refractivity contribution in [1.29, 1.82) is 0 Å². The van der Waals surface area contributed by atoms with Gasteiger partial charge in [0.15, 0.2) is 0 Å². The normalized spacial score (nSPS) is 15.3. The molecule has 0 saturated carbocycles. The number of benzene rings is 2. The van der Waals surface area contributed by atoms with Crippen LogP contribution >= 0.6 is 11.6 Å². The third-order valence-electron chi connectivity index (χ3n) is 4.10. The van der Waals surface area contributed by atoms with Gasteiger partial charge in [-0.15, -0.1) is 0 Å². The SMILES string of the molecule is O=C(CN1CCN(c2ccc(O)cc2)CC1)Nc1ccccc1Cl. The lowest BCUT2D eigenvalue weighted by molar-refractivity contribution is -0.117. The number of halogens is 1. The Labute approximate surface area is 146 Å². The van der Waals surface area contributed by atoms with Gasteiger partial charge in [-0.05, 0) is 36.4 Å². The molecule has 1 fully saturated rings. The fourth-order valence-corrected chi connectivity index (χ4v) is 2.97. The van der Waals surface area contributed by atoms with E-state index in [1.54, 1.807) is 24.3 Å². The first-order chi connectivity index (χ1) is 11.6. The minimum Gasteiger partial charge on any atom is -0.508 e. The summed E-state index contributed by atoms with van der Waals surface area (Å²) in [6, 6.07) is 14.4. The monoisotopic (exact) mass is 345 g/mol. The molecule has 1 heterocycles. The highest BCUT2D eigenvalue weighted by Crippen LogP contribution is 2.21. The number of nitrogens with one attached hydrogen (secondary N) is 1. The molecular weight excluding hydrogens is 326 g/mol. The minimum absolute atomic E-state index is 0.0545. The Morgan fingerprint density at radius 3 is 2.38 bits per heavy atom. The number of phenols is 1. The molecule has 1 amide bonds. The second-order valence-corrected chi connectivity index (χ2v) is 6.21. The summed E-state index contributed by atoms with van der Waals surface area (Å²) in [5.74, 6) is 0.217. The Kier molecular flexibility index (Phi) is 5.23. The largest absolute Gasteiger partial charge is 0.508 e. The third-order valence-corrected chi connectivity index (χ3v) is 4.43. The molecule has 126 valence electrons. The second-order valence-electron chi connectivity index (χ2n) is 5.81. The predicted molar refractivity (Wildman–Crippen MR) is 96.8 cm³/mol. The van der Waals surface area contributed by atoms with Gasteiger partial charge >= 0.3 is 0 Å². The van der Waals surface area contributed by atoms with Crippen molar-refractivity contribution in [2.24, 2.45) is 0 Å². The Morgan fingerprint density at radius 1 is 1.04 bits per heavy atom. The fourth-order valence-electron chi connectivity index (χ4n) is 2.78. The number of phenolic OH excluding ortho intramolecular Hbond substituents is 1. The average molecular weight is 346 g/mol. The highest BCUT2D eigenvalue weighted by molar-refractivity contribution is 6.33. The molecule has 1 aliphatic heterocycles. The molecule has 0 atom stereocenters. The number of aromatic hydroxyl groups is 1. The molecule has 5 nitrogen and oxygen atoms in total. The van der Waals surface area contributed by atoms with E-state index in [2.05, 4.69) is 15.1 Å². The molecule has 24 heavy (non-hydrogen) atoms. The topological polar surface area (TPSA) is 55.8 Å². The minimum atomic E-state index is -0.0545. The summed E-state index contributed by atoms with van der Waals surface area (Å²) in [4.78, 5) is 16.5. The number of piperazine rings is 1. The maximum absolute atomic E-state index is 12.2. The van der Waals surface area contributed by atoms with Crippen LogP contribution in [0.1, 0.15) is 0 Å². The quantitative estimate of drug-likeness (QED) is 0.894. The van der Waals surface area contributed by atoms with Gasteiger partial charge in [0.1, 0.15) is 5.75 Å². The maximum atomic E-state index is 12.2. The molecule has 3 rings (SSSR count). The first-order valence-electron chi connectivity index (χ1n) is 7.92. The van der Waals surface area contributed by atoms with Crippen LogP contribution in [0.25, 0.3) is 0 Å². The zero-order chi connectivity index (χ0) is 16.9. The fraction of sp³-hybridized carbons (Fsp3) is 0.278. The summed E-state index contributed by atoms with van der Waals surface area (Å²) >= 11 is 6.06. The molecule has 0 spiro atoms. The van der Waals surface area contributed by atoms with E-state index in [9.17, 15) is 9.90 Å². The molecule has 0 radical (unpaired) electrons. The molecule has 0 aliphatic carbocycles. The Balaban J connectivity index is 1.49. The number of para-hydroxylation sites is 1. The molecule has 1 saturated heterocycles. The number of hydrogen-bond donors (Lipinski definition) is 2. The molecular formula is C18H20ClN3O2. The number of amides is 1. The van der Waals surface area contributed by atoms with Gasteiger partial charge in [-0.3, -0.25) is 9.69 Å². The van der Waals surface area contributed by atoms with Crippen LogP contribution < -0.4 is 10.2 Å². The Hall–Kier alpha value is -2.24.